The summed E-state index contributed by atoms with van der Waals surface area (Å²) in [4.78, 5) is 0. The van der Waals surface area contributed by atoms with Gasteiger partial charge in [0.2, 0.25) is 0 Å². The van der Waals surface area contributed by atoms with Crippen molar-refractivity contribution in [2.45, 2.75) is 38.1 Å². The average molecular weight is 188 g/mol. The van der Waals surface area contributed by atoms with Gasteiger partial charge in [0.25, 0.3) is 0 Å². The molecule has 1 atom stereocenters. The molecule has 0 amide bonds. The maximum Gasteiger partial charge on any atom is 0.0893 e. The van der Waals surface area contributed by atoms with E-state index in [1.54, 1.807) is 0 Å². The van der Waals surface area contributed by atoms with Gasteiger partial charge in [0.15, 0.2) is 0 Å². The first kappa shape index (κ1) is 9.38. The van der Waals surface area contributed by atoms with Crippen molar-refractivity contribution < 1.29 is 0 Å². The third kappa shape index (κ3) is 2.66. The van der Waals surface area contributed by atoms with Crippen molar-refractivity contribution in [1.82, 2.24) is 0 Å². The summed E-state index contributed by atoms with van der Waals surface area (Å²) < 4.78 is 0. The second-order valence-electron chi connectivity index (χ2n) is 3.75. The molecule has 0 bridgehead atoms. The summed E-state index contributed by atoms with van der Waals surface area (Å²) in [5, 5.41) is 8.58. The van der Waals surface area contributed by atoms with Crippen molar-refractivity contribution >= 4 is 0 Å². The van der Waals surface area contributed by atoms with E-state index in [1.807, 2.05) is 0 Å². The highest BCUT2D eigenvalue weighted by Crippen LogP contribution is 2.16. The van der Waals surface area contributed by atoms with Gasteiger partial charge in [-0.25, -0.2) is 0 Å². The lowest BCUT2D eigenvalue weighted by Gasteiger charge is -2.10. The van der Waals surface area contributed by atoms with Crippen LogP contribution in [0, 0.1) is 0 Å². The molecule has 2 heteroatoms. The van der Waals surface area contributed by atoms with Gasteiger partial charge in [0.05, 0.1) is 11.7 Å². The van der Waals surface area contributed by atoms with Crippen LogP contribution in [0.25, 0.3) is 0 Å². The zero-order chi connectivity index (χ0) is 9.64. The first-order chi connectivity index (χ1) is 6.95. The summed E-state index contributed by atoms with van der Waals surface area (Å²) in [5.74, 6) is 0. The third-order valence-corrected chi connectivity index (χ3v) is 2.53. The van der Waals surface area contributed by atoms with Crippen molar-refractivity contribution in [2.75, 3.05) is 0 Å². The molecule has 14 heavy (non-hydrogen) atoms. The summed E-state index contributed by atoms with van der Waals surface area (Å²) in [6.45, 7) is 0. The second-order valence-corrected chi connectivity index (χ2v) is 3.75. The summed E-state index contributed by atoms with van der Waals surface area (Å²) in [7, 11) is 0. The molecule has 2 aliphatic rings. The average Bonchev–Trinajstić information content (AvgIpc) is 2.29. The minimum atomic E-state index is 0.319. The van der Waals surface area contributed by atoms with E-state index in [0.29, 0.717) is 6.04 Å². The molecule has 0 aromatic carbocycles. The van der Waals surface area contributed by atoms with Crippen LogP contribution in [0.5, 0.6) is 0 Å². The minimum Gasteiger partial charge on any atom is -0.181 e. The Kier molecular flexibility index (Phi) is 3.28. The van der Waals surface area contributed by atoms with Crippen molar-refractivity contribution in [3.8, 4) is 0 Å². The third-order valence-electron chi connectivity index (χ3n) is 2.53. The fourth-order valence-electron chi connectivity index (χ4n) is 1.71. The predicted octanol–water partition coefficient (Wildman–Crippen LogP) is 3.78. The van der Waals surface area contributed by atoms with Crippen molar-refractivity contribution in [3.63, 3.8) is 0 Å². The zero-order valence-corrected chi connectivity index (χ0v) is 8.39. The van der Waals surface area contributed by atoms with Crippen molar-refractivity contribution in [1.29, 1.82) is 0 Å². The van der Waals surface area contributed by atoms with E-state index in [4.69, 9.17) is 0 Å². The van der Waals surface area contributed by atoms with Crippen LogP contribution in [0.15, 0.2) is 46.3 Å². The highest BCUT2D eigenvalue weighted by atomic mass is 15.1. The largest absolute Gasteiger partial charge is 0.181 e. The number of allylic oxidation sites excluding steroid dienone is 4. The summed E-state index contributed by atoms with van der Waals surface area (Å²) in [6, 6.07) is 0.319. The molecular formula is C12H16N2. The lowest BCUT2D eigenvalue weighted by Crippen LogP contribution is -2.02. The molecule has 0 aromatic rings. The van der Waals surface area contributed by atoms with Gasteiger partial charge in [-0.15, -0.1) is 0 Å². The Morgan fingerprint density at radius 1 is 1.14 bits per heavy atom. The lowest BCUT2D eigenvalue weighted by atomic mass is 10.0. The Bertz CT molecular complexity index is 297. The van der Waals surface area contributed by atoms with Crippen LogP contribution >= 0.6 is 0 Å². The highest BCUT2D eigenvalue weighted by Gasteiger charge is 2.06. The van der Waals surface area contributed by atoms with Gasteiger partial charge < -0.3 is 0 Å². The smallest absolute Gasteiger partial charge is 0.0893 e. The predicted molar refractivity (Wildman–Crippen MR) is 58.1 cm³/mol. The van der Waals surface area contributed by atoms with E-state index < -0.39 is 0 Å². The maximum atomic E-state index is 4.33. The minimum absolute atomic E-state index is 0.319. The molecule has 0 saturated carbocycles. The zero-order valence-electron chi connectivity index (χ0n) is 8.39. The van der Waals surface area contributed by atoms with Crippen LogP contribution in [0.3, 0.4) is 0 Å². The highest BCUT2D eigenvalue weighted by molar-refractivity contribution is 5.20. The molecule has 0 aliphatic heterocycles. The van der Waals surface area contributed by atoms with Gasteiger partial charge in [0, 0.05) is 0 Å². The van der Waals surface area contributed by atoms with Crippen LogP contribution in [0.1, 0.15) is 32.1 Å². The molecule has 1 unspecified atom stereocenters. The Labute approximate surface area is 85.1 Å². The molecule has 74 valence electrons. The molecule has 0 N–H and O–H groups in total. The van der Waals surface area contributed by atoms with E-state index in [0.717, 1.165) is 25.0 Å². The van der Waals surface area contributed by atoms with Crippen LogP contribution in [0.2, 0.25) is 0 Å². The lowest BCUT2D eigenvalue weighted by molar-refractivity contribution is 0.623. The second kappa shape index (κ2) is 4.89. The van der Waals surface area contributed by atoms with Crippen LogP contribution in [0.4, 0.5) is 0 Å². The molecule has 0 saturated heterocycles. The van der Waals surface area contributed by atoms with Crippen LogP contribution < -0.4 is 0 Å². The Morgan fingerprint density at radius 3 is 2.86 bits per heavy atom. The van der Waals surface area contributed by atoms with Crippen LogP contribution in [-0.4, -0.2) is 6.04 Å². The fourth-order valence-corrected chi connectivity index (χ4v) is 1.71. The fraction of sp³-hybridized carbons (Fsp3) is 0.500. The molecule has 0 fully saturated rings. The molecule has 2 nitrogen and oxygen atoms in total. The Balaban J connectivity index is 1.92. The van der Waals surface area contributed by atoms with Crippen molar-refractivity contribution in [2.24, 2.45) is 10.2 Å². The van der Waals surface area contributed by atoms with E-state index >= 15 is 0 Å². The summed E-state index contributed by atoms with van der Waals surface area (Å²) in [5.41, 5.74) is 1.02. The van der Waals surface area contributed by atoms with Gasteiger partial charge in [-0.05, 0) is 38.2 Å². The summed E-state index contributed by atoms with van der Waals surface area (Å²) >= 11 is 0. The van der Waals surface area contributed by atoms with Gasteiger partial charge >= 0.3 is 0 Å². The number of hydrogen-bond donors (Lipinski definition) is 0. The molecule has 0 spiro atoms. The molecule has 2 rings (SSSR count). The normalized spacial score (nSPS) is 26.9. The van der Waals surface area contributed by atoms with Crippen molar-refractivity contribution in [3.05, 3.63) is 36.1 Å². The molecule has 0 heterocycles. The van der Waals surface area contributed by atoms with Gasteiger partial charge in [-0.2, -0.15) is 10.2 Å². The SMILES string of the molecule is C1=CC(/N=N\C2C=CCCC2)=CCC1. The summed E-state index contributed by atoms with van der Waals surface area (Å²) in [6.07, 6.45) is 16.6. The Morgan fingerprint density at radius 2 is 2.14 bits per heavy atom. The number of azo groups is 1. The topological polar surface area (TPSA) is 24.7 Å². The molecular weight excluding hydrogens is 172 g/mol. The quantitative estimate of drug-likeness (QED) is 0.465. The first-order valence-corrected chi connectivity index (χ1v) is 5.39. The monoisotopic (exact) mass is 188 g/mol. The van der Waals surface area contributed by atoms with E-state index in [9.17, 15) is 0 Å². The van der Waals surface area contributed by atoms with E-state index in [2.05, 4.69) is 40.6 Å². The number of rotatable bonds is 2. The molecule has 2 aliphatic carbocycles. The van der Waals surface area contributed by atoms with E-state index in [-0.39, 0.29) is 0 Å². The van der Waals surface area contributed by atoms with Gasteiger partial charge in [-0.3, -0.25) is 0 Å². The van der Waals surface area contributed by atoms with Gasteiger partial charge in [0.1, 0.15) is 0 Å². The standard InChI is InChI=1S/C12H16N2/c1-3-7-11(8-4-1)13-14-12-9-5-2-6-10-12/h3,5,7-9,12H,1-2,4,6,10H2/b14-13-. The van der Waals surface area contributed by atoms with Gasteiger partial charge in [-0.1, -0.05) is 24.3 Å². The Hall–Kier alpha value is -1.18. The first-order valence-electron chi connectivity index (χ1n) is 5.39. The number of nitrogens with zero attached hydrogens (tertiary/aromatic N) is 2. The molecule has 0 radical (unpaired) electrons. The number of hydrogen-bond acceptors (Lipinski definition) is 2. The maximum absolute atomic E-state index is 4.33. The van der Waals surface area contributed by atoms with Crippen LogP contribution in [-0.2, 0) is 0 Å². The van der Waals surface area contributed by atoms with E-state index in [1.165, 1.54) is 12.8 Å². The molecule has 0 aromatic heterocycles.